The van der Waals surface area contributed by atoms with E-state index < -0.39 is 32.4 Å². The summed E-state index contributed by atoms with van der Waals surface area (Å²) in [6.07, 6.45) is 1.27. The van der Waals surface area contributed by atoms with Crippen LogP contribution in [0, 0.1) is 0 Å². The number of hydrogen-bond acceptors (Lipinski definition) is 4. The van der Waals surface area contributed by atoms with Crippen LogP contribution in [0.4, 0.5) is 14.5 Å². The third kappa shape index (κ3) is 3.97. The summed E-state index contributed by atoms with van der Waals surface area (Å²) >= 11 is 0. The van der Waals surface area contributed by atoms with Gasteiger partial charge >= 0.3 is 5.76 Å². The van der Waals surface area contributed by atoms with Crippen LogP contribution < -0.4 is 11.1 Å². The van der Waals surface area contributed by atoms with Crippen molar-refractivity contribution in [3.05, 3.63) is 24.3 Å². The number of nitrogens with two attached hydrogens (primary N) is 1. The SMILES string of the molecule is CCCC(N)C(=O)Nc1ccc(S(=O)(=O)C(F)F)cc1. The molecule has 8 heteroatoms. The maximum Gasteiger partial charge on any atom is 0.341 e. The summed E-state index contributed by atoms with van der Waals surface area (Å²) in [4.78, 5) is 11.1. The van der Waals surface area contributed by atoms with Gasteiger partial charge in [0.2, 0.25) is 15.7 Å². The summed E-state index contributed by atoms with van der Waals surface area (Å²) in [6.45, 7) is 1.89. The number of alkyl halides is 2. The molecule has 1 rings (SSSR count). The Morgan fingerprint density at radius 1 is 1.30 bits per heavy atom. The number of rotatable bonds is 6. The Hall–Kier alpha value is -1.54. The van der Waals surface area contributed by atoms with Crippen molar-refractivity contribution in [1.82, 2.24) is 0 Å². The quantitative estimate of drug-likeness (QED) is 0.838. The third-order valence-corrected chi connectivity index (χ3v) is 4.02. The maximum atomic E-state index is 12.3. The standard InChI is InChI=1S/C12H16F2N2O3S/c1-2-3-10(15)11(17)16-8-4-6-9(7-5-8)20(18,19)12(13)14/h4-7,10,12H,2-3,15H2,1H3,(H,16,17). The van der Waals surface area contributed by atoms with Gasteiger partial charge < -0.3 is 11.1 Å². The van der Waals surface area contributed by atoms with Crippen molar-refractivity contribution in [2.75, 3.05) is 5.32 Å². The zero-order valence-electron chi connectivity index (χ0n) is 10.8. The van der Waals surface area contributed by atoms with Crippen LogP contribution in [0.1, 0.15) is 19.8 Å². The second kappa shape index (κ2) is 6.76. The Balaban J connectivity index is 2.80. The number of anilines is 1. The third-order valence-electron chi connectivity index (χ3n) is 2.62. The molecule has 0 aliphatic heterocycles. The molecule has 0 bridgehead atoms. The Morgan fingerprint density at radius 2 is 1.85 bits per heavy atom. The average Bonchev–Trinajstić information content (AvgIpc) is 2.39. The monoisotopic (exact) mass is 306 g/mol. The molecule has 0 radical (unpaired) electrons. The molecular formula is C12H16F2N2O3S. The number of nitrogens with one attached hydrogen (secondary N) is 1. The summed E-state index contributed by atoms with van der Waals surface area (Å²) in [5.74, 6) is -3.88. The number of sulfone groups is 1. The highest BCUT2D eigenvalue weighted by atomic mass is 32.2. The van der Waals surface area contributed by atoms with E-state index in [0.29, 0.717) is 12.1 Å². The van der Waals surface area contributed by atoms with Crippen molar-refractivity contribution >= 4 is 21.4 Å². The van der Waals surface area contributed by atoms with Crippen LogP contribution in [0.3, 0.4) is 0 Å². The molecule has 5 nitrogen and oxygen atoms in total. The molecule has 1 aromatic rings. The lowest BCUT2D eigenvalue weighted by Crippen LogP contribution is -2.35. The minimum atomic E-state index is -4.62. The topological polar surface area (TPSA) is 89.3 Å². The van der Waals surface area contributed by atoms with Crippen LogP contribution in [-0.4, -0.2) is 26.1 Å². The summed E-state index contributed by atoms with van der Waals surface area (Å²) < 4.78 is 47.1. The first-order valence-corrected chi connectivity index (χ1v) is 7.52. The smallest absolute Gasteiger partial charge is 0.325 e. The van der Waals surface area contributed by atoms with Crippen LogP contribution in [0.25, 0.3) is 0 Å². The molecule has 0 aliphatic rings. The van der Waals surface area contributed by atoms with Crippen LogP contribution >= 0.6 is 0 Å². The van der Waals surface area contributed by atoms with Gasteiger partial charge in [-0.3, -0.25) is 4.79 Å². The minimum absolute atomic E-state index is 0.301. The largest absolute Gasteiger partial charge is 0.341 e. The van der Waals surface area contributed by atoms with E-state index in [4.69, 9.17) is 5.73 Å². The molecule has 0 saturated heterocycles. The van der Waals surface area contributed by atoms with Gasteiger partial charge in [0.05, 0.1) is 10.9 Å². The molecule has 0 fully saturated rings. The molecule has 0 heterocycles. The number of carbonyl (C=O) groups excluding carboxylic acids is 1. The average molecular weight is 306 g/mol. The van der Waals surface area contributed by atoms with Crippen LogP contribution in [-0.2, 0) is 14.6 Å². The van der Waals surface area contributed by atoms with E-state index in [1.807, 2.05) is 6.92 Å². The number of benzene rings is 1. The number of carbonyl (C=O) groups is 1. The predicted octanol–water partition coefficient (Wildman–Crippen LogP) is 1.75. The predicted molar refractivity (Wildman–Crippen MR) is 71.1 cm³/mol. The molecular weight excluding hydrogens is 290 g/mol. The number of hydrogen-bond donors (Lipinski definition) is 2. The minimum Gasteiger partial charge on any atom is -0.325 e. The molecule has 1 atom stereocenters. The first kappa shape index (κ1) is 16.5. The van der Waals surface area contributed by atoms with E-state index in [1.54, 1.807) is 0 Å². The van der Waals surface area contributed by atoms with E-state index in [9.17, 15) is 22.0 Å². The fraction of sp³-hybridized carbons (Fsp3) is 0.417. The van der Waals surface area contributed by atoms with E-state index in [2.05, 4.69) is 5.32 Å². The highest BCUT2D eigenvalue weighted by Gasteiger charge is 2.26. The molecule has 0 aromatic heterocycles. The Kier molecular flexibility index (Phi) is 5.58. The highest BCUT2D eigenvalue weighted by molar-refractivity contribution is 7.91. The summed E-state index contributed by atoms with van der Waals surface area (Å²) in [7, 11) is -4.62. The van der Waals surface area contributed by atoms with Crippen molar-refractivity contribution in [3.8, 4) is 0 Å². The van der Waals surface area contributed by atoms with Crippen molar-refractivity contribution in [1.29, 1.82) is 0 Å². The van der Waals surface area contributed by atoms with Gasteiger partial charge in [-0.05, 0) is 30.7 Å². The Bertz CT molecular complexity index is 559. The fourth-order valence-electron chi connectivity index (χ4n) is 1.51. The van der Waals surface area contributed by atoms with Crippen molar-refractivity contribution in [3.63, 3.8) is 0 Å². The summed E-state index contributed by atoms with van der Waals surface area (Å²) in [6, 6.07) is 3.85. The van der Waals surface area contributed by atoms with Crippen molar-refractivity contribution in [2.45, 2.75) is 36.5 Å². The van der Waals surface area contributed by atoms with Crippen LogP contribution in [0.15, 0.2) is 29.2 Å². The lowest BCUT2D eigenvalue weighted by atomic mass is 10.1. The van der Waals surface area contributed by atoms with Gasteiger partial charge in [0.25, 0.3) is 0 Å². The van der Waals surface area contributed by atoms with Gasteiger partial charge in [0.15, 0.2) is 0 Å². The first-order chi connectivity index (χ1) is 9.28. The Morgan fingerprint density at radius 3 is 2.30 bits per heavy atom. The second-order valence-electron chi connectivity index (χ2n) is 4.21. The lowest BCUT2D eigenvalue weighted by Gasteiger charge is -2.11. The highest BCUT2D eigenvalue weighted by Crippen LogP contribution is 2.20. The van der Waals surface area contributed by atoms with Crippen molar-refractivity contribution in [2.24, 2.45) is 5.73 Å². The summed E-state index contributed by atoms with van der Waals surface area (Å²) in [5, 5.41) is 2.49. The van der Waals surface area contributed by atoms with Crippen LogP contribution in [0.2, 0.25) is 0 Å². The lowest BCUT2D eigenvalue weighted by molar-refractivity contribution is -0.117. The van der Waals surface area contributed by atoms with Gasteiger partial charge in [0, 0.05) is 5.69 Å². The van der Waals surface area contributed by atoms with Gasteiger partial charge in [-0.1, -0.05) is 13.3 Å². The molecule has 112 valence electrons. The van der Waals surface area contributed by atoms with E-state index in [0.717, 1.165) is 18.6 Å². The maximum absolute atomic E-state index is 12.3. The molecule has 0 saturated carbocycles. The Labute approximate surface area is 116 Å². The molecule has 20 heavy (non-hydrogen) atoms. The van der Waals surface area contributed by atoms with Gasteiger partial charge in [0.1, 0.15) is 0 Å². The fourth-order valence-corrected chi connectivity index (χ4v) is 2.23. The van der Waals surface area contributed by atoms with E-state index >= 15 is 0 Å². The zero-order chi connectivity index (χ0) is 15.3. The first-order valence-electron chi connectivity index (χ1n) is 5.97. The van der Waals surface area contributed by atoms with Gasteiger partial charge in [-0.2, -0.15) is 8.78 Å². The number of halogens is 2. The zero-order valence-corrected chi connectivity index (χ0v) is 11.7. The number of amides is 1. The van der Waals surface area contributed by atoms with Crippen LogP contribution in [0.5, 0.6) is 0 Å². The van der Waals surface area contributed by atoms with Gasteiger partial charge in [-0.25, -0.2) is 8.42 Å². The molecule has 1 amide bonds. The molecule has 0 spiro atoms. The van der Waals surface area contributed by atoms with E-state index in [-0.39, 0.29) is 0 Å². The normalized spacial score (nSPS) is 13.2. The molecule has 3 N–H and O–H groups in total. The molecule has 0 aliphatic carbocycles. The molecule has 1 aromatic carbocycles. The summed E-state index contributed by atoms with van der Waals surface area (Å²) in [5.41, 5.74) is 5.91. The van der Waals surface area contributed by atoms with E-state index in [1.165, 1.54) is 12.1 Å². The van der Waals surface area contributed by atoms with Crippen molar-refractivity contribution < 1.29 is 22.0 Å². The second-order valence-corrected chi connectivity index (χ2v) is 6.13. The van der Waals surface area contributed by atoms with Gasteiger partial charge in [-0.15, -0.1) is 0 Å². The molecule has 1 unspecified atom stereocenters.